The molecule has 9 heteroatoms. The van der Waals surface area contributed by atoms with Gasteiger partial charge in [-0.25, -0.2) is 4.39 Å². The zero-order valence-corrected chi connectivity index (χ0v) is 17.5. The Balaban J connectivity index is 1.66. The minimum atomic E-state index is -0.727. The van der Waals surface area contributed by atoms with E-state index in [-0.39, 0.29) is 23.1 Å². The first-order chi connectivity index (χ1) is 14.8. The summed E-state index contributed by atoms with van der Waals surface area (Å²) < 4.78 is 13.1. The molecule has 164 valence electrons. The molecule has 3 rings (SSSR count). The van der Waals surface area contributed by atoms with E-state index in [4.69, 9.17) is 0 Å². The van der Waals surface area contributed by atoms with Crippen molar-refractivity contribution in [2.75, 3.05) is 31.1 Å². The topological polar surface area (TPSA) is 95.8 Å². The minimum absolute atomic E-state index is 0.0360. The third kappa shape index (κ3) is 5.17. The molecule has 1 fully saturated rings. The van der Waals surface area contributed by atoms with E-state index in [2.05, 4.69) is 5.32 Å². The van der Waals surface area contributed by atoms with Gasteiger partial charge >= 0.3 is 0 Å². The number of rotatable bonds is 6. The molecule has 2 amide bonds. The van der Waals surface area contributed by atoms with E-state index in [1.165, 1.54) is 30.3 Å². The maximum atomic E-state index is 13.1. The molecule has 0 spiro atoms. The number of carbonyl (C=O) groups is 2. The maximum absolute atomic E-state index is 13.1. The number of para-hydroxylation sites is 2. The molecule has 0 radical (unpaired) electrons. The molecule has 1 unspecified atom stereocenters. The van der Waals surface area contributed by atoms with Crippen LogP contribution in [0.5, 0.6) is 0 Å². The fourth-order valence-electron chi connectivity index (χ4n) is 3.59. The van der Waals surface area contributed by atoms with E-state index in [0.717, 1.165) is 0 Å². The number of nitrogens with one attached hydrogen (secondary N) is 1. The van der Waals surface area contributed by atoms with Crippen LogP contribution in [0.3, 0.4) is 0 Å². The SMILES string of the molecule is CC(C)C(NC(=O)c1ccc(F)cc1)C(=O)N1CCN(c2ccccc2[N+](=O)[O-])CC1. The number of carbonyl (C=O) groups excluding carboxylic acids is 2. The molecule has 1 atom stereocenters. The number of benzene rings is 2. The van der Waals surface area contributed by atoms with Crippen LogP contribution in [0.2, 0.25) is 0 Å². The van der Waals surface area contributed by atoms with E-state index >= 15 is 0 Å². The van der Waals surface area contributed by atoms with Crippen LogP contribution in [0.15, 0.2) is 48.5 Å². The van der Waals surface area contributed by atoms with E-state index in [9.17, 15) is 24.1 Å². The van der Waals surface area contributed by atoms with Gasteiger partial charge in [-0.05, 0) is 36.2 Å². The fourth-order valence-corrected chi connectivity index (χ4v) is 3.59. The minimum Gasteiger partial charge on any atom is -0.362 e. The number of halogens is 1. The molecule has 31 heavy (non-hydrogen) atoms. The third-order valence-corrected chi connectivity index (χ3v) is 5.34. The Morgan fingerprint density at radius 2 is 1.65 bits per heavy atom. The predicted octanol–water partition coefficient (Wildman–Crippen LogP) is 2.84. The van der Waals surface area contributed by atoms with Crippen LogP contribution < -0.4 is 10.2 Å². The van der Waals surface area contributed by atoms with Crippen LogP contribution in [0, 0.1) is 21.8 Å². The second-order valence-corrected chi connectivity index (χ2v) is 7.76. The zero-order chi connectivity index (χ0) is 22.5. The standard InChI is InChI=1S/C22H25FN4O4/c1-15(2)20(24-21(28)16-7-9-17(23)10-8-16)22(29)26-13-11-25(12-14-26)18-5-3-4-6-19(18)27(30)31/h3-10,15,20H,11-14H2,1-2H3,(H,24,28). The van der Waals surface area contributed by atoms with Gasteiger partial charge in [0.05, 0.1) is 4.92 Å². The van der Waals surface area contributed by atoms with Gasteiger partial charge in [0.15, 0.2) is 0 Å². The summed E-state index contributed by atoms with van der Waals surface area (Å²) in [6, 6.07) is 11.0. The molecule has 2 aromatic carbocycles. The Bertz CT molecular complexity index is 956. The van der Waals surface area contributed by atoms with Crippen molar-refractivity contribution in [1.29, 1.82) is 0 Å². The lowest BCUT2D eigenvalue weighted by Gasteiger charge is -2.38. The van der Waals surface area contributed by atoms with Gasteiger partial charge in [-0.3, -0.25) is 19.7 Å². The second kappa shape index (κ2) is 9.55. The number of amides is 2. The highest BCUT2D eigenvalue weighted by Gasteiger charge is 2.32. The van der Waals surface area contributed by atoms with E-state index < -0.39 is 22.7 Å². The number of nitro benzene ring substituents is 1. The molecule has 1 N–H and O–H groups in total. The lowest BCUT2D eigenvalue weighted by Crippen LogP contribution is -2.56. The van der Waals surface area contributed by atoms with Crippen molar-refractivity contribution < 1.29 is 18.9 Å². The van der Waals surface area contributed by atoms with Gasteiger partial charge in [0, 0.05) is 37.8 Å². The van der Waals surface area contributed by atoms with Crippen molar-refractivity contribution in [2.24, 2.45) is 5.92 Å². The highest BCUT2D eigenvalue weighted by molar-refractivity contribution is 5.97. The molecule has 0 bridgehead atoms. The number of hydrogen-bond donors (Lipinski definition) is 1. The van der Waals surface area contributed by atoms with Crippen LogP contribution in [-0.4, -0.2) is 53.9 Å². The van der Waals surface area contributed by atoms with Gasteiger partial charge in [-0.1, -0.05) is 26.0 Å². The van der Waals surface area contributed by atoms with Crippen molar-refractivity contribution in [3.63, 3.8) is 0 Å². The Morgan fingerprint density at radius 3 is 2.23 bits per heavy atom. The second-order valence-electron chi connectivity index (χ2n) is 7.76. The number of hydrogen-bond acceptors (Lipinski definition) is 5. The summed E-state index contributed by atoms with van der Waals surface area (Å²) in [7, 11) is 0. The Hall–Kier alpha value is -3.49. The van der Waals surface area contributed by atoms with Crippen molar-refractivity contribution >= 4 is 23.2 Å². The maximum Gasteiger partial charge on any atom is 0.292 e. The third-order valence-electron chi connectivity index (χ3n) is 5.34. The molecule has 0 aliphatic carbocycles. The summed E-state index contributed by atoms with van der Waals surface area (Å²) >= 11 is 0. The monoisotopic (exact) mass is 428 g/mol. The van der Waals surface area contributed by atoms with Crippen molar-refractivity contribution in [3.05, 3.63) is 70.0 Å². The summed E-state index contributed by atoms with van der Waals surface area (Å²) in [5.41, 5.74) is 0.847. The molecular weight excluding hydrogens is 403 g/mol. The Labute approximate surface area is 179 Å². The van der Waals surface area contributed by atoms with E-state index in [1.54, 1.807) is 23.1 Å². The summed E-state index contributed by atoms with van der Waals surface area (Å²) in [5, 5.41) is 14.1. The molecule has 1 heterocycles. The first kappa shape index (κ1) is 22.2. The number of piperazine rings is 1. The first-order valence-corrected chi connectivity index (χ1v) is 10.1. The highest BCUT2D eigenvalue weighted by atomic mass is 19.1. The molecule has 0 aromatic heterocycles. The molecule has 8 nitrogen and oxygen atoms in total. The number of nitro groups is 1. The largest absolute Gasteiger partial charge is 0.362 e. The molecule has 2 aromatic rings. The Morgan fingerprint density at radius 1 is 1.03 bits per heavy atom. The lowest BCUT2D eigenvalue weighted by molar-refractivity contribution is -0.384. The Kier molecular flexibility index (Phi) is 6.84. The quantitative estimate of drug-likeness (QED) is 0.564. The lowest BCUT2D eigenvalue weighted by atomic mass is 10.0. The predicted molar refractivity (Wildman–Crippen MR) is 114 cm³/mol. The normalized spacial score (nSPS) is 15.0. The average molecular weight is 428 g/mol. The van der Waals surface area contributed by atoms with Gasteiger partial charge < -0.3 is 15.1 Å². The summed E-state index contributed by atoms with van der Waals surface area (Å²) in [6.07, 6.45) is 0. The zero-order valence-electron chi connectivity index (χ0n) is 17.5. The highest BCUT2D eigenvalue weighted by Crippen LogP contribution is 2.28. The summed E-state index contributed by atoms with van der Waals surface area (Å²) in [4.78, 5) is 40.1. The van der Waals surface area contributed by atoms with Crippen molar-refractivity contribution in [1.82, 2.24) is 10.2 Å². The van der Waals surface area contributed by atoms with Crippen LogP contribution >= 0.6 is 0 Å². The summed E-state index contributed by atoms with van der Waals surface area (Å²) in [5.74, 6) is -1.23. The van der Waals surface area contributed by atoms with Crippen LogP contribution in [0.25, 0.3) is 0 Å². The molecule has 0 saturated carbocycles. The first-order valence-electron chi connectivity index (χ1n) is 10.1. The van der Waals surface area contributed by atoms with E-state index in [0.29, 0.717) is 31.9 Å². The van der Waals surface area contributed by atoms with Gasteiger partial charge in [0.2, 0.25) is 5.91 Å². The average Bonchev–Trinajstić information content (AvgIpc) is 2.77. The van der Waals surface area contributed by atoms with E-state index in [1.807, 2.05) is 18.7 Å². The molecule has 1 aliphatic heterocycles. The number of anilines is 1. The van der Waals surface area contributed by atoms with Gasteiger partial charge in [-0.15, -0.1) is 0 Å². The molecule has 1 aliphatic rings. The smallest absolute Gasteiger partial charge is 0.292 e. The van der Waals surface area contributed by atoms with Gasteiger partial charge in [-0.2, -0.15) is 0 Å². The molecular formula is C22H25FN4O4. The van der Waals surface area contributed by atoms with Gasteiger partial charge in [0.25, 0.3) is 11.6 Å². The fraction of sp³-hybridized carbons (Fsp3) is 0.364. The molecule has 1 saturated heterocycles. The van der Waals surface area contributed by atoms with Crippen molar-refractivity contribution in [3.8, 4) is 0 Å². The number of nitrogens with zero attached hydrogens (tertiary/aromatic N) is 3. The van der Waals surface area contributed by atoms with Crippen molar-refractivity contribution in [2.45, 2.75) is 19.9 Å². The van der Waals surface area contributed by atoms with Crippen LogP contribution in [0.4, 0.5) is 15.8 Å². The van der Waals surface area contributed by atoms with Crippen LogP contribution in [0.1, 0.15) is 24.2 Å². The summed E-state index contributed by atoms with van der Waals surface area (Å²) in [6.45, 7) is 5.37. The van der Waals surface area contributed by atoms with Crippen LogP contribution in [-0.2, 0) is 4.79 Å². The van der Waals surface area contributed by atoms with Gasteiger partial charge in [0.1, 0.15) is 17.5 Å².